The molecule has 0 bridgehead atoms. The van der Waals surface area contributed by atoms with Crippen LogP contribution in [0.3, 0.4) is 0 Å². The molecule has 16 heavy (non-hydrogen) atoms. The molecular formula is C12H13NO3. The molecule has 1 unspecified atom stereocenters. The van der Waals surface area contributed by atoms with E-state index < -0.39 is 4.92 Å². The molecule has 0 saturated heterocycles. The van der Waals surface area contributed by atoms with Crippen LogP contribution in [0.1, 0.15) is 25.3 Å². The minimum absolute atomic E-state index is 0.0963. The second-order valence-corrected chi connectivity index (χ2v) is 3.78. The lowest BCUT2D eigenvalue weighted by Gasteiger charge is -2.20. The van der Waals surface area contributed by atoms with Crippen molar-refractivity contribution in [1.82, 2.24) is 0 Å². The molecule has 0 aliphatic carbocycles. The van der Waals surface area contributed by atoms with Crippen LogP contribution in [0, 0.1) is 10.1 Å². The zero-order valence-electron chi connectivity index (χ0n) is 9.05. The molecule has 84 valence electrons. The second-order valence-electron chi connectivity index (χ2n) is 3.78. The van der Waals surface area contributed by atoms with Crippen LogP contribution in [0.15, 0.2) is 24.3 Å². The number of nitrogens with zero attached hydrogens (tertiary/aromatic N) is 1. The van der Waals surface area contributed by atoms with Gasteiger partial charge < -0.3 is 4.74 Å². The van der Waals surface area contributed by atoms with E-state index in [-0.39, 0.29) is 11.8 Å². The van der Waals surface area contributed by atoms with Gasteiger partial charge in [-0.05, 0) is 18.6 Å². The van der Waals surface area contributed by atoms with Gasteiger partial charge in [0.2, 0.25) is 0 Å². The Labute approximate surface area is 93.7 Å². The number of non-ortho nitro benzene ring substituents is 1. The second kappa shape index (κ2) is 4.35. The maximum Gasteiger partial charge on any atom is 0.270 e. The Balaban J connectivity index is 2.25. The molecule has 1 aromatic carbocycles. The lowest BCUT2D eigenvalue weighted by Crippen LogP contribution is -2.16. The van der Waals surface area contributed by atoms with Gasteiger partial charge in [0.15, 0.2) is 0 Å². The Morgan fingerprint density at radius 3 is 3.00 bits per heavy atom. The topological polar surface area (TPSA) is 52.4 Å². The van der Waals surface area contributed by atoms with Crippen molar-refractivity contribution in [3.8, 4) is 5.75 Å². The normalized spacial score (nSPS) is 17.7. The van der Waals surface area contributed by atoms with E-state index in [0.717, 1.165) is 24.2 Å². The molecule has 0 aromatic heterocycles. The van der Waals surface area contributed by atoms with E-state index >= 15 is 0 Å². The van der Waals surface area contributed by atoms with Gasteiger partial charge in [-0.25, -0.2) is 0 Å². The summed E-state index contributed by atoms with van der Waals surface area (Å²) in [6.45, 7) is 2.10. The number of ether oxygens (including phenoxy) is 1. The third-order valence-corrected chi connectivity index (χ3v) is 2.55. The number of fused-ring (bicyclic) bond motifs is 1. The molecule has 1 atom stereocenters. The van der Waals surface area contributed by atoms with E-state index in [1.165, 1.54) is 12.1 Å². The SMILES string of the molecule is CCCC1C=Cc2cc([N+](=O)[O-])ccc2O1. The Bertz CT molecular complexity index is 440. The summed E-state index contributed by atoms with van der Waals surface area (Å²) in [6, 6.07) is 4.68. The number of nitro benzene ring substituents is 1. The molecule has 1 heterocycles. The molecule has 0 spiro atoms. The highest BCUT2D eigenvalue weighted by atomic mass is 16.6. The molecule has 1 aliphatic heterocycles. The fourth-order valence-corrected chi connectivity index (χ4v) is 1.74. The van der Waals surface area contributed by atoms with Crippen LogP contribution in [-0.4, -0.2) is 11.0 Å². The first-order valence-electron chi connectivity index (χ1n) is 5.34. The van der Waals surface area contributed by atoms with E-state index in [9.17, 15) is 10.1 Å². The summed E-state index contributed by atoms with van der Waals surface area (Å²) in [4.78, 5) is 10.2. The third kappa shape index (κ3) is 2.05. The smallest absolute Gasteiger partial charge is 0.270 e. The highest BCUT2D eigenvalue weighted by molar-refractivity contribution is 5.63. The fourth-order valence-electron chi connectivity index (χ4n) is 1.74. The van der Waals surface area contributed by atoms with Crippen LogP contribution in [0.5, 0.6) is 5.75 Å². The molecule has 0 N–H and O–H groups in total. The van der Waals surface area contributed by atoms with Crippen molar-refractivity contribution < 1.29 is 9.66 Å². The van der Waals surface area contributed by atoms with E-state index in [2.05, 4.69) is 6.92 Å². The highest BCUT2D eigenvalue weighted by Crippen LogP contribution is 2.30. The van der Waals surface area contributed by atoms with Crippen LogP contribution in [0.25, 0.3) is 6.08 Å². The van der Waals surface area contributed by atoms with Crippen LogP contribution in [0.2, 0.25) is 0 Å². The van der Waals surface area contributed by atoms with Crippen molar-refractivity contribution in [2.24, 2.45) is 0 Å². The molecular weight excluding hydrogens is 206 g/mol. The number of rotatable bonds is 3. The van der Waals surface area contributed by atoms with Crippen molar-refractivity contribution >= 4 is 11.8 Å². The maximum atomic E-state index is 10.6. The molecule has 2 rings (SSSR count). The van der Waals surface area contributed by atoms with E-state index in [1.807, 2.05) is 12.2 Å². The Kier molecular flexibility index (Phi) is 2.90. The third-order valence-electron chi connectivity index (χ3n) is 2.55. The Morgan fingerprint density at radius 2 is 2.31 bits per heavy atom. The maximum absolute atomic E-state index is 10.6. The minimum atomic E-state index is -0.397. The number of benzene rings is 1. The van der Waals surface area contributed by atoms with Gasteiger partial charge in [0.05, 0.1) is 4.92 Å². The quantitative estimate of drug-likeness (QED) is 0.579. The first-order chi connectivity index (χ1) is 7.70. The summed E-state index contributed by atoms with van der Waals surface area (Å²) >= 11 is 0. The van der Waals surface area contributed by atoms with Crippen LogP contribution < -0.4 is 4.74 Å². The summed E-state index contributed by atoms with van der Waals surface area (Å²) in [6.07, 6.45) is 5.96. The predicted molar refractivity (Wildman–Crippen MR) is 61.5 cm³/mol. The average molecular weight is 219 g/mol. The summed E-state index contributed by atoms with van der Waals surface area (Å²) in [5, 5.41) is 10.6. The fraction of sp³-hybridized carbons (Fsp3) is 0.333. The molecule has 1 aliphatic rings. The molecule has 0 fully saturated rings. The molecule has 0 radical (unpaired) electrons. The summed E-state index contributed by atoms with van der Waals surface area (Å²) in [5.74, 6) is 0.728. The van der Waals surface area contributed by atoms with Gasteiger partial charge in [-0.2, -0.15) is 0 Å². The molecule has 4 heteroatoms. The average Bonchev–Trinajstić information content (AvgIpc) is 2.28. The first-order valence-corrected chi connectivity index (χ1v) is 5.34. The lowest BCUT2D eigenvalue weighted by molar-refractivity contribution is -0.384. The summed E-state index contributed by atoms with van der Waals surface area (Å²) in [7, 11) is 0. The zero-order valence-corrected chi connectivity index (χ0v) is 9.05. The van der Waals surface area contributed by atoms with Crippen molar-refractivity contribution in [1.29, 1.82) is 0 Å². The van der Waals surface area contributed by atoms with E-state index in [1.54, 1.807) is 6.07 Å². The van der Waals surface area contributed by atoms with Crippen LogP contribution in [0.4, 0.5) is 5.69 Å². The number of nitro groups is 1. The largest absolute Gasteiger partial charge is 0.486 e. The van der Waals surface area contributed by atoms with Crippen LogP contribution >= 0.6 is 0 Å². The van der Waals surface area contributed by atoms with Gasteiger partial charge in [-0.1, -0.05) is 19.4 Å². The minimum Gasteiger partial charge on any atom is -0.486 e. The Morgan fingerprint density at radius 1 is 1.50 bits per heavy atom. The van der Waals surface area contributed by atoms with Gasteiger partial charge in [0, 0.05) is 17.7 Å². The number of hydrogen-bond acceptors (Lipinski definition) is 3. The molecule has 1 aromatic rings. The van der Waals surface area contributed by atoms with Crippen molar-refractivity contribution in [3.05, 3.63) is 40.0 Å². The lowest BCUT2D eigenvalue weighted by atomic mass is 10.1. The monoisotopic (exact) mass is 219 g/mol. The van der Waals surface area contributed by atoms with Crippen molar-refractivity contribution in [3.63, 3.8) is 0 Å². The van der Waals surface area contributed by atoms with Crippen molar-refractivity contribution in [2.75, 3.05) is 0 Å². The molecule has 0 saturated carbocycles. The van der Waals surface area contributed by atoms with Crippen LogP contribution in [-0.2, 0) is 0 Å². The highest BCUT2D eigenvalue weighted by Gasteiger charge is 2.16. The Hall–Kier alpha value is -1.84. The zero-order chi connectivity index (χ0) is 11.5. The van der Waals surface area contributed by atoms with Gasteiger partial charge in [-0.3, -0.25) is 10.1 Å². The van der Waals surface area contributed by atoms with E-state index in [0.29, 0.717) is 0 Å². The summed E-state index contributed by atoms with van der Waals surface area (Å²) in [5.41, 5.74) is 0.877. The van der Waals surface area contributed by atoms with Gasteiger partial charge in [-0.15, -0.1) is 0 Å². The van der Waals surface area contributed by atoms with Gasteiger partial charge in [0.1, 0.15) is 11.9 Å². The van der Waals surface area contributed by atoms with E-state index in [4.69, 9.17) is 4.74 Å². The van der Waals surface area contributed by atoms with Crippen molar-refractivity contribution in [2.45, 2.75) is 25.9 Å². The first kappa shape index (κ1) is 10.7. The molecule has 0 amide bonds. The van der Waals surface area contributed by atoms with Gasteiger partial charge >= 0.3 is 0 Å². The predicted octanol–water partition coefficient (Wildman–Crippen LogP) is 3.17. The molecule has 4 nitrogen and oxygen atoms in total. The van der Waals surface area contributed by atoms with Gasteiger partial charge in [0.25, 0.3) is 5.69 Å². The standard InChI is InChI=1S/C12H13NO3/c1-2-3-11-6-4-9-8-10(13(14)15)5-7-12(9)16-11/h4-8,11H,2-3H2,1H3. The number of hydrogen-bond donors (Lipinski definition) is 0. The summed E-state index contributed by atoms with van der Waals surface area (Å²) < 4.78 is 5.70.